The fourth-order valence-electron chi connectivity index (χ4n) is 2.02. The highest BCUT2D eigenvalue weighted by atomic mass is 16.5. The third-order valence-electron chi connectivity index (χ3n) is 3.20. The highest BCUT2D eigenvalue weighted by Crippen LogP contribution is 2.25. The number of nitrogens with two attached hydrogens (primary N) is 1. The van der Waals surface area contributed by atoms with Gasteiger partial charge in [0.2, 0.25) is 0 Å². The Kier molecular flexibility index (Phi) is 5.39. The lowest BCUT2D eigenvalue weighted by Crippen LogP contribution is -2.10. The number of ether oxygens (including phenoxy) is 1. The van der Waals surface area contributed by atoms with E-state index in [9.17, 15) is 0 Å². The molecule has 0 saturated heterocycles. The molecule has 0 aliphatic carbocycles. The maximum Gasteiger partial charge on any atom is 0.124 e. The first-order chi connectivity index (χ1) is 9.81. The predicted octanol–water partition coefficient (Wildman–Crippen LogP) is 4.19. The number of rotatable bonds is 6. The van der Waals surface area contributed by atoms with Crippen molar-refractivity contribution in [1.29, 1.82) is 0 Å². The first-order valence-electron chi connectivity index (χ1n) is 7.00. The summed E-state index contributed by atoms with van der Waals surface area (Å²) in [7, 11) is 0. The van der Waals surface area contributed by atoms with Gasteiger partial charge in [-0.25, -0.2) is 0 Å². The van der Waals surface area contributed by atoms with Crippen LogP contribution in [0.1, 0.15) is 30.5 Å². The van der Waals surface area contributed by atoms with Gasteiger partial charge in [0, 0.05) is 11.6 Å². The van der Waals surface area contributed by atoms with Crippen LogP contribution in [-0.4, -0.2) is 6.61 Å². The molecule has 2 rings (SSSR count). The van der Waals surface area contributed by atoms with Crippen LogP contribution in [0.15, 0.2) is 60.7 Å². The number of hydrogen-bond donors (Lipinski definition) is 1. The van der Waals surface area contributed by atoms with E-state index in [0.717, 1.165) is 17.7 Å². The van der Waals surface area contributed by atoms with Crippen molar-refractivity contribution >= 4 is 6.08 Å². The molecule has 0 unspecified atom stereocenters. The molecule has 0 aliphatic heterocycles. The molecule has 0 aliphatic rings. The van der Waals surface area contributed by atoms with Crippen LogP contribution in [0.5, 0.6) is 5.75 Å². The van der Waals surface area contributed by atoms with Crippen molar-refractivity contribution in [3.63, 3.8) is 0 Å². The van der Waals surface area contributed by atoms with E-state index in [1.807, 2.05) is 48.5 Å². The Morgan fingerprint density at radius 1 is 1.05 bits per heavy atom. The minimum absolute atomic E-state index is 0.0318. The fourth-order valence-corrected chi connectivity index (χ4v) is 2.02. The summed E-state index contributed by atoms with van der Waals surface area (Å²) in [4.78, 5) is 0. The molecule has 20 heavy (non-hydrogen) atoms. The SMILES string of the molecule is CC[C@H](N)c1ccccc1OCC=Cc1ccccc1. The van der Waals surface area contributed by atoms with Crippen LogP contribution in [0.25, 0.3) is 6.08 Å². The zero-order valence-electron chi connectivity index (χ0n) is 11.8. The van der Waals surface area contributed by atoms with Crippen molar-refractivity contribution in [2.24, 2.45) is 5.73 Å². The minimum atomic E-state index is 0.0318. The van der Waals surface area contributed by atoms with Gasteiger partial charge in [0.25, 0.3) is 0 Å². The molecule has 0 amide bonds. The van der Waals surface area contributed by atoms with Crippen LogP contribution < -0.4 is 10.5 Å². The van der Waals surface area contributed by atoms with E-state index in [4.69, 9.17) is 10.5 Å². The van der Waals surface area contributed by atoms with Gasteiger partial charge in [0.1, 0.15) is 12.4 Å². The van der Waals surface area contributed by atoms with Gasteiger partial charge < -0.3 is 10.5 Å². The molecule has 0 radical (unpaired) electrons. The monoisotopic (exact) mass is 267 g/mol. The summed E-state index contributed by atoms with van der Waals surface area (Å²) in [6.45, 7) is 2.62. The van der Waals surface area contributed by atoms with Crippen molar-refractivity contribution in [3.05, 3.63) is 71.8 Å². The Balaban J connectivity index is 1.96. The van der Waals surface area contributed by atoms with Crippen molar-refractivity contribution in [3.8, 4) is 5.75 Å². The molecule has 2 nitrogen and oxygen atoms in total. The molecule has 0 fully saturated rings. The molecule has 1 atom stereocenters. The molecule has 0 spiro atoms. The zero-order valence-corrected chi connectivity index (χ0v) is 11.8. The van der Waals surface area contributed by atoms with Crippen LogP contribution >= 0.6 is 0 Å². The summed E-state index contributed by atoms with van der Waals surface area (Å²) in [5.41, 5.74) is 8.34. The number of hydrogen-bond acceptors (Lipinski definition) is 2. The van der Waals surface area contributed by atoms with Gasteiger partial charge in [0.05, 0.1) is 0 Å². The minimum Gasteiger partial charge on any atom is -0.489 e. The Labute approximate surface area is 120 Å². The van der Waals surface area contributed by atoms with Crippen LogP contribution in [0, 0.1) is 0 Å². The second kappa shape index (κ2) is 7.51. The standard InChI is InChI=1S/C18H21NO/c1-2-17(19)16-12-6-7-13-18(16)20-14-8-11-15-9-4-3-5-10-15/h3-13,17H,2,14,19H2,1H3/t17-/m0/s1. The number of benzene rings is 2. The lowest BCUT2D eigenvalue weighted by molar-refractivity contribution is 0.356. The van der Waals surface area contributed by atoms with Gasteiger partial charge >= 0.3 is 0 Å². The summed E-state index contributed by atoms with van der Waals surface area (Å²) < 4.78 is 5.82. The quantitative estimate of drug-likeness (QED) is 0.851. The van der Waals surface area contributed by atoms with Crippen molar-refractivity contribution in [1.82, 2.24) is 0 Å². The Morgan fingerprint density at radius 2 is 1.75 bits per heavy atom. The Bertz CT molecular complexity index is 548. The molecule has 104 valence electrons. The van der Waals surface area contributed by atoms with Crippen LogP contribution in [-0.2, 0) is 0 Å². The maximum atomic E-state index is 6.09. The predicted molar refractivity (Wildman–Crippen MR) is 84.6 cm³/mol. The zero-order chi connectivity index (χ0) is 14.2. The molecular formula is C18H21NO. The van der Waals surface area contributed by atoms with Crippen LogP contribution in [0.2, 0.25) is 0 Å². The first-order valence-corrected chi connectivity index (χ1v) is 7.00. The lowest BCUT2D eigenvalue weighted by atomic mass is 10.0. The highest BCUT2D eigenvalue weighted by Gasteiger charge is 2.08. The van der Waals surface area contributed by atoms with Crippen LogP contribution in [0.4, 0.5) is 0 Å². The average Bonchev–Trinajstić information content (AvgIpc) is 2.52. The summed E-state index contributed by atoms with van der Waals surface area (Å²) in [6, 6.07) is 18.2. The molecule has 0 bridgehead atoms. The van der Waals surface area contributed by atoms with E-state index in [2.05, 4.69) is 25.1 Å². The number of para-hydroxylation sites is 1. The van der Waals surface area contributed by atoms with Crippen LogP contribution in [0.3, 0.4) is 0 Å². The second-order valence-corrected chi connectivity index (χ2v) is 4.68. The van der Waals surface area contributed by atoms with E-state index in [1.54, 1.807) is 0 Å². The second-order valence-electron chi connectivity index (χ2n) is 4.68. The molecule has 2 heteroatoms. The third-order valence-corrected chi connectivity index (χ3v) is 3.20. The van der Waals surface area contributed by atoms with E-state index in [-0.39, 0.29) is 6.04 Å². The van der Waals surface area contributed by atoms with Gasteiger partial charge in [-0.2, -0.15) is 0 Å². The summed E-state index contributed by atoms with van der Waals surface area (Å²) in [5.74, 6) is 0.875. The summed E-state index contributed by atoms with van der Waals surface area (Å²) in [5, 5.41) is 0. The highest BCUT2D eigenvalue weighted by molar-refractivity contribution is 5.48. The summed E-state index contributed by atoms with van der Waals surface area (Å²) >= 11 is 0. The van der Waals surface area contributed by atoms with E-state index in [1.165, 1.54) is 5.56 Å². The topological polar surface area (TPSA) is 35.2 Å². The molecular weight excluding hydrogens is 246 g/mol. The third kappa shape index (κ3) is 3.97. The molecule has 0 saturated carbocycles. The van der Waals surface area contributed by atoms with Gasteiger partial charge in [-0.05, 0) is 24.1 Å². The largest absolute Gasteiger partial charge is 0.489 e. The van der Waals surface area contributed by atoms with Gasteiger partial charge in [-0.3, -0.25) is 0 Å². The van der Waals surface area contributed by atoms with Crippen molar-refractivity contribution in [2.45, 2.75) is 19.4 Å². The molecule has 2 N–H and O–H groups in total. The van der Waals surface area contributed by atoms with E-state index in [0.29, 0.717) is 6.61 Å². The summed E-state index contributed by atoms with van der Waals surface area (Å²) in [6.07, 6.45) is 4.98. The first kappa shape index (κ1) is 14.4. The average molecular weight is 267 g/mol. The molecule has 0 aromatic heterocycles. The molecule has 2 aromatic carbocycles. The molecule has 2 aromatic rings. The Morgan fingerprint density at radius 3 is 2.50 bits per heavy atom. The van der Waals surface area contributed by atoms with Gasteiger partial charge in [0.15, 0.2) is 0 Å². The Hall–Kier alpha value is -2.06. The van der Waals surface area contributed by atoms with Gasteiger partial charge in [-0.15, -0.1) is 0 Å². The smallest absolute Gasteiger partial charge is 0.124 e. The van der Waals surface area contributed by atoms with E-state index >= 15 is 0 Å². The van der Waals surface area contributed by atoms with Crippen molar-refractivity contribution < 1.29 is 4.74 Å². The maximum absolute atomic E-state index is 6.09. The van der Waals surface area contributed by atoms with Gasteiger partial charge in [-0.1, -0.05) is 61.5 Å². The van der Waals surface area contributed by atoms with E-state index < -0.39 is 0 Å². The lowest BCUT2D eigenvalue weighted by Gasteiger charge is -2.14. The normalized spacial score (nSPS) is 12.5. The molecule has 0 heterocycles. The fraction of sp³-hybridized carbons (Fsp3) is 0.222. The van der Waals surface area contributed by atoms with Crippen molar-refractivity contribution in [2.75, 3.05) is 6.61 Å².